The third-order valence-electron chi connectivity index (χ3n) is 6.19. The monoisotopic (exact) mass is 398 g/mol. The number of likely N-dealkylation sites (tertiary alicyclic amines) is 1. The summed E-state index contributed by atoms with van der Waals surface area (Å²) < 4.78 is 0. The highest BCUT2D eigenvalue weighted by Crippen LogP contribution is 2.49. The molecule has 3 aliphatic carbocycles. The average molecular weight is 398 g/mol. The van der Waals surface area contributed by atoms with Gasteiger partial charge in [-0.25, -0.2) is 4.79 Å². The molecule has 2 N–H and O–H groups in total. The van der Waals surface area contributed by atoms with Gasteiger partial charge in [-0.05, 0) is 50.2 Å². The third-order valence-corrected chi connectivity index (χ3v) is 6.19. The van der Waals surface area contributed by atoms with Crippen molar-refractivity contribution < 1.29 is 19.3 Å². The van der Waals surface area contributed by atoms with E-state index in [0.717, 1.165) is 12.8 Å². The predicted molar refractivity (Wildman–Crippen MR) is 104 cm³/mol. The van der Waals surface area contributed by atoms with E-state index in [-0.39, 0.29) is 41.2 Å². The van der Waals surface area contributed by atoms with Crippen molar-refractivity contribution >= 4 is 29.2 Å². The lowest BCUT2D eigenvalue weighted by Crippen LogP contribution is -2.50. The van der Waals surface area contributed by atoms with E-state index in [1.165, 1.54) is 23.1 Å². The average Bonchev–Trinajstić information content (AvgIpc) is 2.97. The van der Waals surface area contributed by atoms with Crippen LogP contribution in [0.2, 0.25) is 0 Å². The molecule has 4 aliphatic rings. The Hall–Kier alpha value is -3.23. The lowest BCUT2D eigenvalue weighted by atomic mass is 9.63. The zero-order valence-corrected chi connectivity index (χ0v) is 16.1. The Bertz CT molecular complexity index is 911. The zero-order valence-electron chi connectivity index (χ0n) is 16.1. The van der Waals surface area contributed by atoms with Crippen LogP contribution in [0.25, 0.3) is 0 Å². The summed E-state index contributed by atoms with van der Waals surface area (Å²) in [6, 6.07) is 3.51. The number of anilines is 1. The van der Waals surface area contributed by atoms with Crippen molar-refractivity contribution in [2.45, 2.75) is 32.9 Å². The minimum atomic E-state index is -0.793. The topological polar surface area (TPSA) is 122 Å². The number of nitrogens with zero attached hydrogens (tertiary/aromatic N) is 2. The van der Waals surface area contributed by atoms with Gasteiger partial charge in [0.1, 0.15) is 6.17 Å². The van der Waals surface area contributed by atoms with Crippen LogP contribution in [-0.2, 0) is 9.59 Å². The molecule has 1 saturated carbocycles. The van der Waals surface area contributed by atoms with Gasteiger partial charge in [0.15, 0.2) is 0 Å². The summed E-state index contributed by atoms with van der Waals surface area (Å²) in [6.45, 7) is 3.25. The third kappa shape index (κ3) is 3.16. The molecule has 0 aromatic heterocycles. The van der Waals surface area contributed by atoms with E-state index in [4.69, 9.17) is 0 Å². The van der Waals surface area contributed by atoms with Crippen LogP contribution in [0.5, 0.6) is 0 Å². The Kier molecular flexibility index (Phi) is 4.60. The number of nitro benzene ring substituents is 1. The summed E-state index contributed by atoms with van der Waals surface area (Å²) >= 11 is 0. The van der Waals surface area contributed by atoms with Gasteiger partial charge in [0.05, 0.1) is 16.8 Å². The lowest BCUT2D eigenvalue weighted by molar-refractivity contribution is -0.384. The first-order valence-electron chi connectivity index (χ1n) is 9.65. The second kappa shape index (κ2) is 6.98. The van der Waals surface area contributed by atoms with Gasteiger partial charge in [0.2, 0.25) is 11.8 Å². The number of benzene rings is 1. The first-order chi connectivity index (χ1) is 13.8. The number of hydrogen-bond acceptors (Lipinski definition) is 5. The first kappa shape index (κ1) is 19.1. The molecule has 0 spiro atoms. The van der Waals surface area contributed by atoms with E-state index in [0.29, 0.717) is 11.3 Å². The standard InChI is InChI=1S/C20H22N4O5/c1-10-9-14(24(28)29)7-8-15(10)22-20(27)21-11(2)23-18(25)16-12-3-4-13(6-5-12)17(16)19(23)26/h3-4,7-9,11-13,16-17H,5-6H2,1-2H3,(H2,21,22,27)/t11-,12-,13-,16-,17+/m0/s1. The number of nitro groups is 1. The molecule has 29 heavy (non-hydrogen) atoms. The largest absolute Gasteiger partial charge is 0.320 e. The SMILES string of the molecule is Cc1cc([N+](=O)[O-])ccc1NC(=O)N[C@H](C)N1C(=O)[C@@H]2[C@H](C1=O)[C@H]1C=C[C@H]2CC1. The Morgan fingerprint density at radius 3 is 2.24 bits per heavy atom. The maximum Gasteiger partial charge on any atom is 0.320 e. The summed E-state index contributed by atoms with van der Waals surface area (Å²) in [5.74, 6) is -0.909. The fourth-order valence-corrected chi connectivity index (χ4v) is 4.79. The number of carbonyl (C=O) groups excluding carboxylic acids is 3. The Labute approximate surface area is 167 Å². The fraction of sp³-hybridized carbons (Fsp3) is 0.450. The summed E-state index contributed by atoms with van der Waals surface area (Å²) in [5, 5.41) is 16.1. The van der Waals surface area contributed by atoms with Crippen molar-refractivity contribution in [3.63, 3.8) is 0 Å². The fourth-order valence-electron chi connectivity index (χ4n) is 4.79. The maximum absolute atomic E-state index is 12.9. The minimum absolute atomic E-state index is 0.0686. The summed E-state index contributed by atoms with van der Waals surface area (Å²) in [7, 11) is 0. The van der Waals surface area contributed by atoms with Gasteiger partial charge in [0, 0.05) is 17.8 Å². The number of hydrogen-bond donors (Lipinski definition) is 2. The van der Waals surface area contributed by atoms with Gasteiger partial charge in [-0.3, -0.25) is 24.6 Å². The van der Waals surface area contributed by atoms with Gasteiger partial charge in [0.25, 0.3) is 5.69 Å². The molecule has 1 aliphatic heterocycles. The van der Waals surface area contributed by atoms with Crippen LogP contribution < -0.4 is 10.6 Å². The van der Waals surface area contributed by atoms with E-state index in [2.05, 4.69) is 10.6 Å². The van der Waals surface area contributed by atoms with Gasteiger partial charge in [-0.1, -0.05) is 12.2 Å². The van der Waals surface area contributed by atoms with Gasteiger partial charge < -0.3 is 10.6 Å². The highest BCUT2D eigenvalue weighted by atomic mass is 16.6. The number of aryl methyl sites for hydroxylation is 1. The number of amides is 4. The van der Waals surface area contributed by atoms with Crippen molar-refractivity contribution in [2.24, 2.45) is 23.7 Å². The number of imide groups is 1. The van der Waals surface area contributed by atoms with E-state index < -0.39 is 17.1 Å². The number of non-ortho nitro benzene ring substituents is 1. The Morgan fingerprint density at radius 1 is 1.17 bits per heavy atom. The van der Waals surface area contributed by atoms with E-state index >= 15 is 0 Å². The molecule has 4 amide bonds. The Morgan fingerprint density at radius 2 is 1.76 bits per heavy atom. The summed E-state index contributed by atoms with van der Waals surface area (Å²) in [4.78, 5) is 49.7. The highest BCUT2D eigenvalue weighted by molar-refractivity contribution is 6.06. The maximum atomic E-state index is 12.9. The lowest BCUT2D eigenvalue weighted by Gasteiger charge is -2.38. The molecule has 2 fully saturated rings. The number of fused-ring (bicyclic) bond motifs is 1. The van der Waals surface area contributed by atoms with E-state index in [9.17, 15) is 24.5 Å². The molecule has 0 radical (unpaired) electrons. The molecule has 1 aromatic carbocycles. The van der Waals surface area contributed by atoms with Crippen LogP contribution in [0.3, 0.4) is 0 Å². The van der Waals surface area contributed by atoms with Crippen LogP contribution in [0.4, 0.5) is 16.2 Å². The molecule has 1 aromatic rings. The van der Waals surface area contributed by atoms with Crippen molar-refractivity contribution in [2.75, 3.05) is 5.32 Å². The summed E-state index contributed by atoms with van der Waals surface area (Å²) in [5.41, 5.74) is 0.875. The van der Waals surface area contributed by atoms with Crippen molar-refractivity contribution in [1.82, 2.24) is 10.2 Å². The Balaban J connectivity index is 1.44. The van der Waals surface area contributed by atoms with Crippen LogP contribution in [0.1, 0.15) is 25.3 Å². The molecule has 9 nitrogen and oxygen atoms in total. The molecule has 152 valence electrons. The number of allylic oxidation sites excluding steroid dienone is 2. The molecule has 0 unspecified atom stereocenters. The number of carbonyl (C=O) groups is 3. The van der Waals surface area contributed by atoms with Crippen LogP contribution >= 0.6 is 0 Å². The van der Waals surface area contributed by atoms with Gasteiger partial charge in [-0.2, -0.15) is 0 Å². The molecule has 1 saturated heterocycles. The van der Waals surface area contributed by atoms with Crippen LogP contribution in [0, 0.1) is 40.7 Å². The molecule has 1 heterocycles. The molecular weight excluding hydrogens is 376 g/mol. The second-order valence-electron chi connectivity index (χ2n) is 7.92. The van der Waals surface area contributed by atoms with Crippen molar-refractivity contribution in [1.29, 1.82) is 0 Å². The first-order valence-corrected chi connectivity index (χ1v) is 9.65. The van der Waals surface area contributed by atoms with Crippen LogP contribution in [0.15, 0.2) is 30.4 Å². The number of nitrogens with one attached hydrogen (secondary N) is 2. The minimum Gasteiger partial charge on any atom is -0.317 e. The molecular formula is C20H22N4O5. The summed E-state index contributed by atoms with van der Waals surface area (Å²) in [6.07, 6.45) is 5.13. The molecule has 5 rings (SSSR count). The van der Waals surface area contributed by atoms with Crippen LogP contribution in [-0.4, -0.2) is 33.8 Å². The highest BCUT2D eigenvalue weighted by Gasteiger charge is 2.57. The van der Waals surface area contributed by atoms with Crippen molar-refractivity contribution in [3.8, 4) is 0 Å². The quantitative estimate of drug-likeness (QED) is 0.349. The predicted octanol–water partition coefficient (Wildman–Crippen LogP) is 2.57. The number of urea groups is 1. The normalized spacial score (nSPS) is 28.3. The smallest absolute Gasteiger partial charge is 0.317 e. The van der Waals surface area contributed by atoms with Gasteiger partial charge >= 0.3 is 6.03 Å². The van der Waals surface area contributed by atoms with Gasteiger partial charge in [-0.15, -0.1) is 0 Å². The number of rotatable bonds is 4. The molecule has 5 atom stereocenters. The van der Waals surface area contributed by atoms with Crippen molar-refractivity contribution in [3.05, 3.63) is 46.0 Å². The molecule has 9 heteroatoms. The zero-order chi connectivity index (χ0) is 20.9. The van der Waals surface area contributed by atoms with E-state index in [1.807, 2.05) is 12.2 Å². The molecule has 2 bridgehead atoms. The van der Waals surface area contributed by atoms with E-state index in [1.54, 1.807) is 13.8 Å². The second-order valence-corrected chi connectivity index (χ2v) is 7.92.